The van der Waals surface area contributed by atoms with Gasteiger partial charge in [-0.05, 0) is 38.8 Å². The van der Waals surface area contributed by atoms with Crippen molar-refractivity contribution in [3.8, 4) is 11.8 Å². The smallest absolute Gasteiger partial charge is 0.145 e. The Morgan fingerprint density at radius 2 is 2.18 bits per heavy atom. The first-order chi connectivity index (χ1) is 7.94. The fourth-order valence-corrected chi connectivity index (χ4v) is 1.44. The van der Waals surface area contributed by atoms with Gasteiger partial charge in [0.05, 0.1) is 23.1 Å². The summed E-state index contributed by atoms with van der Waals surface area (Å²) in [5.74, 6) is -0.0248. The summed E-state index contributed by atoms with van der Waals surface area (Å²) in [4.78, 5) is 0. The van der Waals surface area contributed by atoms with E-state index in [0.29, 0.717) is 12.4 Å². The second-order valence-corrected chi connectivity index (χ2v) is 4.93. The highest BCUT2D eigenvalue weighted by molar-refractivity contribution is 6.30. The molecule has 0 radical (unpaired) electrons. The number of hydrogen-bond donors (Lipinski definition) is 0. The van der Waals surface area contributed by atoms with Crippen LogP contribution in [-0.4, -0.2) is 6.61 Å². The lowest BCUT2D eigenvalue weighted by Gasteiger charge is -2.14. The Morgan fingerprint density at radius 1 is 1.47 bits per heavy atom. The molecule has 0 aliphatic carbocycles. The zero-order chi connectivity index (χ0) is 12.9. The van der Waals surface area contributed by atoms with E-state index in [0.717, 1.165) is 12.8 Å². The zero-order valence-corrected chi connectivity index (χ0v) is 10.7. The van der Waals surface area contributed by atoms with Crippen molar-refractivity contribution in [1.29, 1.82) is 5.26 Å². The molecule has 2 nitrogen and oxygen atoms in total. The minimum absolute atomic E-state index is 0.0861. The van der Waals surface area contributed by atoms with Crippen LogP contribution < -0.4 is 4.74 Å². The molecule has 0 aromatic heterocycles. The molecule has 17 heavy (non-hydrogen) atoms. The van der Waals surface area contributed by atoms with Crippen LogP contribution in [0.4, 0.5) is 4.39 Å². The van der Waals surface area contributed by atoms with Crippen molar-refractivity contribution in [2.45, 2.75) is 26.7 Å². The fraction of sp³-hybridized carbons (Fsp3) is 0.462. The first-order valence-electron chi connectivity index (χ1n) is 5.44. The lowest BCUT2D eigenvalue weighted by Crippen LogP contribution is -2.10. The molecule has 0 N–H and O–H groups in total. The molecule has 4 heteroatoms. The molecule has 0 bridgehead atoms. The van der Waals surface area contributed by atoms with Crippen molar-refractivity contribution >= 4 is 11.6 Å². The van der Waals surface area contributed by atoms with E-state index in [2.05, 4.69) is 6.07 Å². The highest BCUT2D eigenvalue weighted by Crippen LogP contribution is 2.22. The van der Waals surface area contributed by atoms with Gasteiger partial charge >= 0.3 is 0 Å². The fourth-order valence-electron chi connectivity index (χ4n) is 1.33. The van der Waals surface area contributed by atoms with Crippen LogP contribution in [0.3, 0.4) is 0 Å². The van der Waals surface area contributed by atoms with Crippen LogP contribution in [-0.2, 0) is 0 Å². The molecule has 92 valence electrons. The number of hydrogen-bond acceptors (Lipinski definition) is 2. The third kappa shape index (κ3) is 4.62. The lowest BCUT2D eigenvalue weighted by atomic mass is 9.90. The summed E-state index contributed by atoms with van der Waals surface area (Å²) < 4.78 is 18.5. The summed E-state index contributed by atoms with van der Waals surface area (Å²) >= 11 is 5.55. The van der Waals surface area contributed by atoms with E-state index >= 15 is 0 Å². The van der Waals surface area contributed by atoms with Crippen LogP contribution in [0.15, 0.2) is 18.2 Å². The predicted molar refractivity (Wildman–Crippen MR) is 65.5 cm³/mol. The average molecular weight is 256 g/mol. The molecule has 1 rings (SSSR count). The minimum Gasteiger partial charge on any atom is -0.493 e. The predicted octanol–water partition coefficient (Wildman–Crippen LogP) is 4.19. The average Bonchev–Trinajstić information content (AvgIpc) is 2.29. The van der Waals surface area contributed by atoms with E-state index in [1.165, 1.54) is 12.1 Å². The lowest BCUT2D eigenvalue weighted by molar-refractivity contribution is 0.283. The van der Waals surface area contributed by atoms with Crippen molar-refractivity contribution < 1.29 is 9.13 Å². The third-order valence-corrected chi connectivity index (χ3v) is 2.72. The molecule has 0 unspecified atom stereocenters. The SMILES string of the molecule is CC(C)(C#N)CCCOc1ccc(Cl)c(F)c1. The van der Waals surface area contributed by atoms with Crippen molar-refractivity contribution in [3.05, 3.63) is 29.0 Å². The maximum Gasteiger partial charge on any atom is 0.145 e. The zero-order valence-electron chi connectivity index (χ0n) is 9.96. The van der Waals surface area contributed by atoms with Crippen LogP contribution >= 0.6 is 11.6 Å². The quantitative estimate of drug-likeness (QED) is 0.739. The van der Waals surface area contributed by atoms with E-state index in [9.17, 15) is 4.39 Å². The highest BCUT2D eigenvalue weighted by Gasteiger charge is 2.15. The number of nitrogens with zero attached hydrogens (tertiary/aromatic N) is 1. The standard InChI is InChI=1S/C13H15ClFNO/c1-13(2,9-16)6-3-7-17-10-4-5-11(14)12(15)8-10/h4-5,8H,3,6-7H2,1-2H3. The number of benzene rings is 1. The summed E-state index contributed by atoms with van der Waals surface area (Å²) in [6, 6.07) is 6.57. The monoisotopic (exact) mass is 255 g/mol. The van der Waals surface area contributed by atoms with E-state index in [-0.39, 0.29) is 10.4 Å². The van der Waals surface area contributed by atoms with Crippen LogP contribution in [0, 0.1) is 22.6 Å². The molecule has 0 atom stereocenters. The molecule has 0 aliphatic rings. The van der Waals surface area contributed by atoms with Gasteiger partial charge in [-0.2, -0.15) is 5.26 Å². The molecule has 0 spiro atoms. The van der Waals surface area contributed by atoms with Crippen LogP contribution in [0.5, 0.6) is 5.75 Å². The number of rotatable bonds is 5. The maximum atomic E-state index is 13.1. The first-order valence-corrected chi connectivity index (χ1v) is 5.81. The van der Waals surface area contributed by atoms with Crippen molar-refractivity contribution in [3.63, 3.8) is 0 Å². The normalized spacial score (nSPS) is 11.0. The summed E-state index contributed by atoms with van der Waals surface area (Å²) in [5.41, 5.74) is -0.339. The van der Waals surface area contributed by atoms with Crippen LogP contribution in [0.1, 0.15) is 26.7 Å². The van der Waals surface area contributed by atoms with Crippen LogP contribution in [0.2, 0.25) is 5.02 Å². The Morgan fingerprint density at radius 3 is 2.76 bits per heavy atom. The Labute approximate surface area is 106 Å². The summed E-state index contributed by atoms with van der Waals surface area (Å²) in [7, 11) is 0. The van der Waals surface area contributed by atoms with E-state index in [1.54, 1.807) is 6.07 Å². The number of halogens is 2. The van der Waals surface area contributed by atoms with Gasteiger partial charge in [-0.25, -0.2) is 4.39 Å². The van der Waals surface area contributed by atoms with Crippen molar-refractivity contribution in [1.82, 2.24) is 0 Å². The van der Waals surface area contributed by atoms with Gasteiger partial charge in [0.25, 0.3) is 0 Å². The Balaban J connectivity index is 2.37. The van der Waals surface area contributed by atoms with E-state index in [1.807, 2.05) is 13.8 Å². The highest BCUT2D eigenvalue weighted by atomic mass is 35.5. The number of ether oxygens (including phenoxy) is 1. The summed E-state index contributed by atoms with van der Waals surface area (Å²) in [5, 5.41) is 8.91. The molecule has 0 amide bonds. The summed E-state index contributed by atoms with van der Waals surface area (Å²) in [6.45, 7) is 4.23. The first kappa shape index (κ1) is 13.8. The summed E-state index contributed by atoms with van der Waals surface area (Å²) in [6.07, 6.45) is 1.50. The molecule has 1 aromatic carbocycles. The van der Waals surface area contributed by atoms with Gasteiger partial charge in [0, 0.05) is 6.07 Å². The topological polar surface area (TPSA) is 33.0 Å². The number of nitriles is 1. The molecule has 0 saturated heterocycles. The third-order valence-electron chi connectivity index (χ3n) is 2.41. The Kier molecular flexibility index (Phi) is 4.77. The Bertz CT molecular complexity index is 426. The van der Waals surface area contributed by atoms with Gasteiger partial charge in [0.1, 0.15) is 11.6 Å². The molecule has 0 saturated carbocycles. The van der Waals surface area contributed by atoms with E-state index in [4.69, 9.17) is 21.6 Å². The van der Waals surface area contributed by atoms with Crippen molar-refractivity contribution in [2.75, 3.05) is 6.61 Å². The Hall–Kier alpha value is -1.27. The minimum atomic E-state index is -0.485. The van der Waals surface area contributed by atoms with Gasteiger partial charge < -0.3 is 4.74 Å². The second kappa shape index (κ2) is 5.88. The van der Waals surface area contributed by atoms with Crippen LogP contribution in [0.25, 0.3) is 0 Å². The molecule has 0 fully saturated rings. The molecular formula is C13H15ClFNO. The molecule has 0 heterocycles. The second-order valence-electron chi connectivity index (χ2n) is 4.52. The largest absolute Gasteiger partial charge is 0.493 e. The van der Waals surface area contributed by atoms with Gasteiger partial charge in [-0.1, -0.05) is 11.6 Å². The van der Waals surface area contributed by atoms with Gasteiger partial charge in [-0.15, -0.1) is 0 Å². The van der Waals surface area contributed by atoms with Crippen molar-refractivity contribution in [2.24, 2.45) is 5.41 Å². The van der Waals surface area contributed by atoms with Gasteiger partial charge in [0.2, 0.25) is 0 Å². The van der Waals surface area contributed by atoms with Gasteiger partial charge in [0.15, 0.2) is 0 Å². The van der Waals surface area contributed by atoms with E-state index < -0.39 is 5.82 Å². The maximum absolute atomic E-state index is 13.1. The molecular weight excluding hydrogens is 241 g/mol. The molecule has 1 aromatic rings. The molecule has 0 aliphatic heterocycles. The van der Waals surface area contributed by atoms with Gasteiger partial charge in [-0.3, -0.25) is 0 Å².